The van der Waals surface area contributed by atoms with Crippen LogP contribution in [-0.4, -0.2) is 6.94 Å². The van der Waals surface area contributed by atoms with E-state index in [-0.39, 0.29) is 0 Å². The number of hydrogen-bond acceptors (Lipinski definition) is 0. The van der Waals surface area contributed by atoms with Gasteiger partial charge in [0.05, 0.1) is 0 Å². The summed E-state index contributed by atoms with van der Waals surface area (Å²) < 4.78 is 11.8. The fourth-order valence-electron chi connectivity index (χ4n) is 5.44. The Kier molecular flexibility index (Phi) is 2.67. The van der Waals surface area contributed by atoms with Gasteiger partial charge in [-0.2, -0.15) is 0 Å². The molecule has 0 fully saturated rings. The van der Waals surface area contributed by atoms with E-state index < -0.39 is 14.2 Å². The zero-order chi connectivity index (χ0) is 17.3. The van der Waals surface area contributed by atoms with Crippen molar-refractivity contribution in [3.63, 3.8) is 0 Å². The van der Waals surface area contributed by atoms with Crippen LogP contribution in [0.5, 0.6) is 0 Å². The quantitative estimate of drug-likeness (QED) is 0.434. The molecule has 0 radical (unpaired) electrons. The van der Waals surface area contributed by atoms with Crippen molar-refractivity contribution in [1.29, 1.82) is 0 Å². The average Bonchev–Trinajstić information content (AvgIpc) is 3.13. The van der Waals surface area contributed by atoms with E-state index in [9.17, 15) is 0 Å². The van der Waals surface area contributed by atoms with Crippen molar-refractivity contribution in [1.82, 2.24) is 0 Å². The molecule has 4 rings (SSSR count). The molecule has 2 aromatic carbocycles. The summed E-state index contributed by atoms with van der Waals surface area (Å²) in [4.78, 5) is 0. The van der Waals surface area contributed by atoms with Gasteiger partial charge >= 0.3 is 142 Å². The summed E-state index contributed by atoms with van der Waals surface area (Å²) in [5, 5.41) is 0. The van der Waals surface area contributed by atoms with Gasteiger partial charge in [-0.3, -0.25) is 0 Å². The van der Waals surface area contributed by atoms with E-state index in [1.807, 2.05) is 0 Å². The summed E-state index contributed by atoms with van der Waals surface area (Å²) >= 11 is -4.31. The van der Waals surface area contributed by atoms with Crippen LogP contribution < -0.4 is 0 Å². The predicted molar refractivity (Wildman–Crippen MR) is 108 cm³/mol. The maximum absolute atomic E-state index is 4.31. The first-order valence-corrected chi connectivity index (χ1v) is 35.9. The molecule has 2 aliphatic carbocycles. The van der Waals surface area contributed by atoms with Crippen LogP contribution in [-0.2, 0) is 14.2 Å². The van der Waals surface area contributed by atoms with E-state index in [0.717, 1.165) is 0 Å². The van der Waals surface area contributed by atoms with E-state index in [1.165, 1.54) is 11.1 Å². The molecule has 124 valence electrons. The second-order valence-electron chi connectivity index (χ2n) is 12.2. The summed E-state index contributed by atoms with van der Waals surface area (Å²) in [5.41, 5.74) is 5.98. The Balaban J connectivity index is 2.16. The minimum atomic E-state index is -4.31. The summed E-state index contributed by atoms with van der Waals surface area (Å²) in [5.74, 6) is 0. The van der Waals surface area contributed by atoms with Crippen molar-refractivity contribution >= 4 is 6.94 Å². The van der Waals surface area contributed by atoms with Gasteiger partial charge in [0.1, 0.15) is 0 Å². The summed E-state index contributed by atoms with van der Waals surface area (Å²) in [6.07, 6.45) is 9.42. The molecule has 0 atom stereocenters. The normalized spacial score (nSPS) is 21.6. The Morgan fingerprint density at radius 1 is 0.708 bits per heavy atom. The molecule has 0 amide bonds. The predicted octanol–water partition coefficient (Wildman–Crippen LogP) is 6.17. The molecule has 0 bridgehead atoms. The molecule has 2 heteroatoms. The average molecular weight is 499 g/mol. The van der Waals surface area contributed by atoms with Gasteiger partial charge in [-0.25, -0.2) is 0 Å². The monoisotopic (exact) mass is 500 g/mol. The van der Waals surface area contributed by atoms with Crippen LogP contribution in [0.1, 0.15) is 14.8 Å². The van der Waals surface area contributed by atoms with Gasteiger partial charge < -0.3 is 0 Å². The van der Waals surface area contributed by atoms with Crippen LogP contribution >= 0.6 is 0 Å². The van der Waals surface area contributed by atoms with Crippen LogP contribution in [0.4, 0.5) is 0 Å². The molecule has 0 aliphatic heterocycles. The van der Waals surface area contributed by atoms with Crippen molar-refractivity contribution < 1.29 is 14.2 Å². The first-order valence-electron chi connectivity index (χ1n) is 9.08. The van der Waals surface area contributed by atoms with Gasteiger partial charge in [0.2, 0.25) is 0 Å². The van der Waals surface area contributed by atoms with Gasteiger partial charge in [0.15, 0.2) is 0 Å². The molecule has 2 aliphatic rings. The third kappa shape index (κ3) is 2.05. The van der Waals surface area contributed by atoms with Crippen molar-refractivity contribution in [3.05, 3.63) is 84.0 Å². The van der Waals surface area contributed by atoms with Crippen LogP contribution in [0, 0.1) is 0 Å². The van der Waals surface area contributed by atoms with E-state index >= 15 is 0 Å². The van der Waals surface area contributed by atoms with E-state index in [0.29, 0.717) is 7.35 Å². The van der Waals surface area contributed by atoms with Gasteiger partial charge in [0, 0.05) is 0 Å². The zero-order valence-electron chi connectivity index (χ0n) is 15.3. The van der Waals surface area contributed by atoms with Crippen molar-refractivity contribution in [2.75, 3.05) is 0 Å². The SMILES string of the molecule is [CH3][Hf]([CH3])([CH3])([CH3])(=[SiH2])([CH]1C=CC=C1)[CH]1c2ccccc2-c2ccccc21. The van der Waals surface area contributed by atoms with Crippen molar-refractivity contribution in [2.45, 2.75) is 26.1 Å². The first-order chi connectivity index (χ1) is 10.9. The Morgan fingerprint density at radius 3 is 1.58 bits per heavy atom. The molecule has 0 saturated carbocycles. The topological polar surface area (TPSA) is 0 Å². The first kappa shape index (κ1) is 16.5. The number of hydrogen-bond donors (Lipinski definition) is 0. The van der Waals surface area contributed by atoms with Crippen molar-refractivity contribution in [2.24, 2.45) is 0 Å². The Bertz CT molecular complexity index is 984. The van der Waals surface area contributed by atoms with Crippen LogP contribution in [0.3, 0.4) is 0 Å². The third-order valence-electron chi connectivity index (χ3n) is 6.87. The molecule has 0 spiro atoms. The summed E-state index contributed by atoms with van der Waals surface area (Å²) in [7, 11) is 0. The Labute approximate surface area is 141 Å². The fourth-order valence-corrected chi connectivity index (χ4v) is 34.4. The third-order valence-corrected chi connectivity index (χ3v) is 41.3. The van der Waals surface area contributed by atoms with E-state index in [4.69, 9.17) is 0 Å². The standard InChI is InChI=1S/C13H9.C5H5.4CH3.Hf.H2Si/c1-3-7-12-10(5-1)9-11-6-2-4-8-13(11)12;1-2-4-5-3-1;;;;;;/h1-9H;1-5H;4*1H3;;1H2. The minimum absolute atomic E-state index is 0.511. The Hall–Kier alpha value is -0.993. The van der Waals surface area contributed by atoms with Crippen LogP contribution in [0.25, 0.3) is 11.1 Å². The molecule has 24 heavy (non-hydrogen) atoms. The second kappa shape index (κ2) is 3.88. The maximum atomic E-state index is 2.68. The molecular formula is C22H28HfSi. The Morgan fingerprint density at radius 2 is 1.12 bits per heavy atom. The summed E-state index contributed by atoms with van der Waals surface area (Å²) in [6, 6.07) is 18.2. The van der Waals surface area contributed by atoms with Gasteiger partial charge in [-0.05, 0) is 0 Å². The molecule has 0 saturated heterocycles. The molecule has 0 nitrogen and oxygen atoms in total. The molecule has 0 N–H and O–H groups in total. The van der Waals surface area contributed by atoms with E-state index in [2.05, 4.69) is 98.5 Å². The van der Waals surface area contributed by atoms with E-state index in [1.54, 1.807) is 11.1 Å². The van der Waals surface area contributed by atoms with Crippen LogP contribution in [0.2, 0.25) is 22.4 Å². The second-order valence-corrected chi connectivity index (χ2v) is 98.9. The van der Waals surface area contributed by atoms with Crippen molar-refractivity contribution in [3.8, 4) is 11.1 Å². The zero-order valence-corrected chi connectivity index (χ0v) is 20.3. The number of benzene rings is 2. The fraction of sp³-hybridized carbons (Fsp3) is 0.273. The molecule has 0 aromatic heterocycles. The number of fused-ring (bicyclic) bond motifs is 3. The van der Waals surface area contributed by atoms with Gasteiger partial charge in [-0.1, -0.05) is 0 Å². The van der Waals surface area contributed by atoms with Gasteiger partial charge in [0.25, 0.3) is 0 Å². The number of rotatable bonds is 2. The molecule has 2 aromatic rings. The molecule has 0 heterocycles. The molecule has 0 unspecified atom stereocenters. The van der Waals surface area contributed by atoms with Gasteiger partial charge in [-0.15, -0.1) is 0 Å². The number of allylic oxidation sites excluding steroid dienone is 4. The van der Waals surface area contributed by atoms with Crippen LogP contribution in [0.15, 0.2) is 72.8 Å². The summed E-state index contributed by atoms with van der Waals surface area (Å²) in [6.45, 7) is 2.38. The molecular weight excluding hydrogens is 471 g/mol.